The Hall–Kier alpha value is -2.62. The van der Waals surface area contributed by atoms with Gasteiger partial charge in [0, 0.05) is 25.5 Å². The fourth-order valence-electron chi connectivity index (χ4n) is 3.74. The summed E-state index contributed by atoms with van der Waals surface area (Å²) in [5.41, 5.74) is 2.81. The lowest BCUT2D eigenvalue weighted by Gasteiger charge is -2.27. The summed E-state index contributed by atoms with van der Waals surface area (Å²) < 4.78 is 54.7. The van der Waals surface area contributed by atoms with Crippen molar-refractivity contribution in [3.63, 3.8) is 0 Å². The maximum Gasteiger partial charge on any atom is 0.254 e. The number of nitrogens with zero attached hydrogens (tertiary/aromatic N) is 2. The molecule has 0 radical (unpaired) electrons. The highest BCUT2D eigenvalue weighted by atomic mass is 32.2. The molecule has 1 aliphatic rings. The standard InChI is InChI=1S/C23H22F2N2O3S2/c1-15(17-7-8-20(24)21(25)11-17)26(2)23(28)19-12-22(31-14-19)32(29,30)27-10-9-16-5-3-4-6-18(16)13-27/h3-8,11-12,14-15H,9-10,13H2,1-2H3/t15-/m0/s1. The van der Waals surface area contributed by atoms with E-state index < -0.39 is 33.6 Å². The van der Waals surface area contributed by atoms with Gasteiger partial charge in [-0.15, -0.1) is 11.3 Å². The molecule has 0 N–H and O–H groups in total. The highest BCUT2D eigenvalue weighted by Gasteiger charge is 2.31. The Balaban J connectivity index is 1.52. The lowest BCUT2D eigenvalue weighted by Crippen LogP contribution is -2.35. The fraction of sp³-hybridized carbons (Fsp3) is 0.261. The number of sulfonamides is 1. The van der Waals surface area contributed by atoms with Gasteiger partial charge in [0.05, 0.1) is 11.6 Å². The van der Waals surface area contributed by atoms with Gasteiger partial charge in [0.25, 0.3) is 15.9 Å². The maximum atomic E-state index is 13.6. The molecule has 4 rings (SSSR count). The predicted octanol–water partition coefficient (Wildman–Crippen LogP) is 4.61. The van der Waals surface area contributed by atoms with Gasteiger partial charge in [-0.25, -0.2) is 17.2 Å². The second kappa shape index (κ2) is 8.73. The molecular formula is C23H22F2N2O3S2. The molecule has 0 aliphatic carbocycles. The van der Waals surface area contributed by atoms with E-state index in [2.05, 4.69) is 0 Å². The predicted molar refractivity (Wildman–Crippen MR) is 119 cm³/mol. The number of carbonyl (C=O) groups excluding carboxylic acids is 1. The van der Waals surface area contributed by atoms with Crippen LogP contribution in [0.3, 0.4) is 0 Å². The van der Waals surface area contributed by atoms with Crippen molar-refractivity contribution in [1.29, 1.82) is 0 Å². The summed E-state index contributed by atoms with van der Waals surface area (Å²) in [5, 5.41) is 1.52. The van der Waals surface area contributed by atoms with Crippen molar-refractivity contribution in [3.05, 3.63) is 87.8 Å². The number of hydrogen-bond donors (Lipinski definition) is 0. The van der Waals surface area contributed by atoms with Crippen LogP contribution in [0.2, 0.25) is 0 Å². The normalized spacial score (nSPS) is 15.2. The van der Waals surface area contributed by atoms with Crippen LogP contribution in [0.5, 0.6) is 0 Å². The van der Waals surface area contributed by atoms with Crippen LogP contribution in [0.1, 0.15) is 40.0 Å². The zero-order valence-corrected chi connectivity index (χ0v) is 19.2. The van der Waals surface area contributed by atoms with Crippen molar-refractivity contribution in [2.45, 2.75) is 30.1 Å². The largest absolute Gasteiger partial charge is 0.335 e. The van der Waals surface area contributed by atoms with Crippen LogP contribution in [0.25, 0.3) is 0 Å². The summed E-state index contributed by atoms with van der Waals surface area (Å²) in [6.07, 6.45) is 0.640. The Morgan fingerprint density at radius 3 is 2.53 bits per heavy atom. The molecule has 168 valence electrons. The third kappa shape index (κ3) is 4.20. The first-order chi connectivity index (χ1) is 15.2. The molecule has 0 saturated heterocycles. The van der Waals surface area contributed by atoms with Gasteiger partial charge in [0.2, 0.25) is 0 Å². The molecule has 1 aliphatic heterocycles. The summed E-state index contributed by atoms with van der Waals surface area (Å²) in [4.78, 5) is 14.3. The molecule has 1 atom stereocenters. The number of carbonyl (C=O) groups is 1. The van der Waals surface area contributed by atoms with E-state index in [9.17, 15) is 22.0 Å². The zero-order valence-electron chi connectivity index (χ0n) is 17.6. The second-order valence-electron chi connectivity index (χ2n) is 7.78. The highest BCUT2D eigenvalue weighted by molar-refractivity contribution is 7.91. The molecule has 0 unspecified atom stereocenters. The van der Waals surface area contributed by atoms with Gasteiger partial charge in [0.1, 0.15) is 4.21 Å². The summed E-state index contributed by atoms with van der Waals surface area (Å²) >= 11 is 1.00. The van der Waals surface area contributed by atoms with Gasteiger partial charge in [-0.1, -0.05) is 30.3 Å². The minimum atomic E-state index is -3.74. The minimum Gasteiger partial charge on any atom is -0.335 e. The van der Waals surface area contributed by atoms with Crippen LogP contribution < -0.4 is 0 Å². The maximum absolute atomic E-state index is 13.6. The van der Waals surface area contributed by atoms with Crippen LogP contribution in [0.4, 0.5) is 8.78 Å². The molecule has 0 bridgehead atoms. The summed E-state index contributed by atoms with van der Waals surface area (Å²) in [5.74, 6) is -2.34. The molecule has 1 aromatic heterocycles. The number of fused-ring (bicyclic) bond motifs is 1. The van der Waals surface area contributed by atoms with E-state index in [0.29, 0.717) is 25.1 Å². The minimum absolute atomic E-state index is 0.106. The first-order valence-corrected chi connectivity index (χ1v) is 12.4. The number of amides is 1. The van der Waals surface area contributed by atoms with Crippen LogP contribution in [0.15, 0.2) is 58.1 Å². The smallest absolute Gasteiger partial charge is 0.254 e. The Labute approximate surface area is 190 Å². The van der Waals surface area contributed by atoms with Crippen molar-refractivity contribution in [2.24, 2.45) is 0 Å². The number of thiophene rings is 1. The van der Waals surface area contributed by atoms with Crippen molar-refractivity contribution >= 4 is 27.3 Å². The average molecular weight is 477 g/mol. The van der Waals surface area contributed by atoms with Gasteiger partial charge < -0.3 is 4.90 Å². The molecule has 0 spiro atoms. The van der Waals surface area contributed by atoms with E-state index in [-0.39, 0.29) is 9.77 Å². The lowest BCUT2D eigenvalue weighted by molar-refractivity contribution is 0.0742. The summed E-state index contributed by atoms with van der Waals surface area (Å²) in [6, 6.07) is 12.1. The summed E-state index contributed by atoms with van der Waals surface area (Å²) in [6.45, 7) is 2.38. The number of benzene rings is 2. The van der Waals surface area contributed by atoms with E-state index in [4.69, 9.17) is 0 Å². The number of hydrogen-bond acceptors (Lipinski definition) is 4. The Bertz CT molecular complexity index is 1270. The monoisotopic (exact) mass is 476 g/mol. The van der Waals surface area contributed by atoms with Crippen LogP contribution >= 0.6 is 11.3 Å². The molecule has 2 heterocycles. The third-order valence-corrected chi connectivity index (χ3v) is 9.10. The van der Waals surface area contributed by atoms with Crippen molar-refractivity contribution in [2.75, 3.05) is 13.6 Å². The summed E-state index contributed by atoms with van der Waals surface area (Å²) in [7, 11) is -2.19. The van der Waals surface area contributed by atoms with Crippen molar-refractivity contribution in [3.8, 4) is 0 Å². The van der Waals surface area contributed by atoms with Gasteiger partial charge >= 0.3 is 0 Å². The molecule has 32 heavy (non-hydrogen) atoms. The molecular weight excluding hydrogens is 454 g/mol. The molecule has 5 nitrogen and oxygen atoms in total. The van der Waals surface area contributed by atoms with Gasteiger partial charge in [-0.05, 0) is 48.2 Å². The van der Waals surface area contributed by atoms with Gasteiger partial charge in [-0.3, -0.25) is 4.79 Å². The average Bonchev–Trinajstić information content (AvgIpc) is 3.30. The molecule has 2 aromatic carbocycles. The number of rotatable bonds is 5. The second-order valence-corrected chi connectivity index (χ2v) is 10.9. The SMILES string of the molecule is C[C@@H](c1ccc(F)c(F)c1)N(C)C(=O)c1csc(S(=O)(=O)N2CCc3ccccc3C2)c1. The van der Waals surface area contributed by atoms with Crippen molar-refractivity contribution < 1.29 is 22.0 Å². The Morgan fingerprint density at radius 2 is 1.81 bits per heavy atom. The number of halogens is 2. The highest BCUT2D eigenvalue weighted by Crippen LogP contribution is 2.30. The van der Waals surface area contributed by atoms with E-state index >= 15 is 0 Å². The lowest BCUT2D eigenvalue weighted by atomic mass is 10.0. The van der Waals surface area contributed by atoms with E-state index in [1.807, 2.05) is 24.3 Å². The van der Waals surface area contributed by atoms with Gasteiger partial charge in [-0.2, -0.15) is 4.31 Å². The molecule has 3 aromatic rings. The third-order valence-electron chi connectivity index (χ3n) is 5.84. The van der Waals surface area contributed by atoms with E-state index in [0.717, 1.165) is 34.6 Å². The first kappa shape index (κ1) is 22.6. The van der Waals surface area contributed by atoms with E-state index in [1.54, 1.807) is 14.0 Å². The van der Waals surface area contributed by atoms with Crippen LogP contribution in [0, 0.1) is 11.6 Å². The van der Waals surface area contributed by atoms with E-state index in [1.165, 1.54) is 26.7 Å². The quantitative estimate of drug-likeness (QED) is 0.541. The first-order valence-electron chi connectivity index (χ1n) is 10.1. The zero-order chi connectivity index (χ0) is 23.0. The Morgan fingerprint density at radius 1 is 1.09 bits per heavy atom. The van der Waals surface area contributed by atoms with Crippen molar-refractivity contribution in [1.82, 2.24) is 9.21 Å². The molecule has 1 amide bonds. The van der Waals surface area contributed by atoms with Crippen LogP contribution in [-0.4, -0.2) is 37.1 Å². The fourth-order valence-corrected chi connectivity index (χ4v) is 6.47. The van der Waals surface area contributed by atoms with Gasteiger partial charge in [0.15, 0.2) is 11.6 Å². The molecule has 0 fully saturated rings. The molecule has 0 saturated carbocycles. The molecule has 9 heteroatoms. The topological polar surface area (TPSA) is 57.7 Å². The Kier molecular flexibility index (Phi) is 6.15. The van der Waals surface area contributed by atoms with Crippen LogP contribution in [-0.2, 0) is 23.0 Å².